The van der Waals surface area contributed by atoms with Crippen LogP contribution in [0.25, 0.3) is 0 Å². The summed E-state index contributed by atoms with van der Waals surface area (Å²) in [7, 11) is -3.74. The summed E-state index contributed by atoms with van der Waals surface area (Å²) in [5.41, 5.74) is -0.735. The van der Waals surface area contributed by atoms with Crippen molar-refractivity contribution < 1.29 is 26.3 Å². The Morgan fingerprint density at radius 2 is 1.81 bits per heavy atom. The van der Waals surface area contributed by atoms with Gasteiger partial charge in [-0.15, -0.1) is 0 Å². The standard InChI is InChI=1S/C16H12F3N3O3S/c17-16(18,19)14-2-1-3-15(21-14)25-12-9-22(10-12)26(23,24)13-6-4-11(8-20)5-7-13/h1-7,12H,9-10H2. The summed E-state index contributed by atoms with van der Waals surface area (Å²) in [5.74, 6) is -0.208. The Morgan fingerprint density at radius 3 is 2.38 bits per heavy atom. The van der Waals surface area contributed by atoms with Crippen LogP contribution < -0.4 is 4.74 Å². The minimum absolute atomic E-state index is 0.000258. The van der Waals surface area contributed by atoms with Crippen LogP contribution in [0.2, 0.25) is 0 Å². The lowest BCUT2D eigenvalue weighted by Gasteiger charge is -2.37. The van der Waals surface area contributed by atoms with Crippen molar-refractivity contribution in [1.29, 1.82) is 5.26 Å². The molecule has 2 aromatic rings. The molecule has 1 aliphatic rings. The summed E-state index contributed by atoms with van der Waals surface area (Å²) in [4.78, 5) is 3.42. The Morgan fingerprint density at radius 1 is 1.15 bits per heavy atom. The molecule has 0 aliphatic carbocycles. The molecule has 0 saturated carbocycles. The molecule has 0 atom stereocenters. The lowest BCUT2D eigenvalue weighted by atomic mass is 10.2. The molecule has 0 spiro atoms. The Balaban J connectivity index is 1.64. The van der Waals surface area contributed by atoms with Gasteiger partial charge in [0.05, 0.1) is 29.6 Å². The second-order valence-corrected chi connectivity index (χ2v) is 7.49. The number of nitriles is 1. The zero-order chi connectivity index (χ0) is 18.9. The van der Waals surface area contributed by atoms with Gasteiger partial charge in [0.15, 0.2) is 0 Å². The summed E-state index contributed by atoms with van der Waals surface area (Å²) >= 11 is 0. The van der Waals surface area contributed by atoms with Gasteiger partial charge in [-0.25, -0.2) is 13.4 Å². The van der Waals surface area contributed by atoms with Gasteiger partial charge in [-0.05, 0) is 30.3 Å². The fourth-order valence-electron chi connectivity index (χ4n) is 2.33. The predicted molar refractivity (Wildman–Crippen MR) is 83.6 cm³/mol. The highest BCUT2D eigenvalue weighted by molar-refractivity contribution is 7.89. The monoisotopic (exact) mass is 383 g/mol. The number of benzene rings is 1. The van der Waals surface area contributed by atoms with Crippen molar-refractivity contribution in [2.45, 2.75) is 17.2 Å². The maximum Gasteiger partial charge on any atom is 0.433 e. The van der Waals surface area contributed by atoms with E-state index in [9.17, 15) is 21.6 Å². The van der Waals surface area contributed by atoms with E-state index in [1.54, 1.807) is 0 Å². The van der Waals surface area contributed by atoms with Gasteiger partial charge in [-0.3, -0.25) is 0 Å². The van der Waals surface area contributed by atoms with Gasteiger partial charge in [0.25, 0.3) is 0 Å². The van der Waals surface area contributed by atoms with Crippen LogP contribution in [0.4, 0.5) is 13.2 Å². The van der Waals surface area contributed by atoms with Crippen molar-refractivity contribution in [3.8, 4) is 11.9 Å². The Kier molecular flexibility index (Phi) is 4.60. The average molecular weight is 383 g/mol. The zero-order valence-corrected chi connectivity index (χ0v) is 14.0. The van der Waals surface area contributed by atoms with Gasteiger partial charge in [0.1, 0.15) is 11.8 Å². The van der Waals surface area contributed by atoms with Crippen LogP contribution in [0.3, 0.4) is 0 Å². The third kappa shape index (κ3) is 3.63. The minimum Gasteiger partial charge on any atom is -0.472 e. The lowest BCUT2D eigenvalue weighted by Crippen LogP contribution is -2.56. The van der Waals surface area contributed by atoms with Crippen LogP contribution in [0.15, 0.2) is 47.4 Å². The number of sulfonamides is 1. The molecule has 1 aliphatic heterocycles. The van der Waals surface area contributed by atoms with Crippen LogP contribution in [-0.4, -0.2) is 36.9 Å². The maximum atomic E-state index is 12.6. The zero-order valence-electron chi connectivity index (χ0n) is 13.1. The number of nitrogens with zero attached hydrogens (tertiary/aromatic N) is 3. The number of halogens is 3. The van der Waals surface area contributed by atoms with Crippen molar-refractivity contribution in [2.75, 3.05) is 13.1 Å². The third-order valence-electron chi connectivity index (χ3n) is 3.74. The highest BCUT2D eigenvalue weighted by Gasteiger charge is 2.39. The molecule has 1 aromatic heterocycles. The summed E-state index contributed by atoms with van der Waals surface area (Å²) in [6.07, 6.45) is -5.16. The number of rotatable bonds is 4. The van der Waals surface area contributed by atoms with Crippen molar-refractivity contribution in [1.82, 2.24) is 9.29 Å². The molecule has 136 valence electrons. The number of hydrogen-bond acceptors (Lipinski definition) is 5. The van der Waals surface area contributed by atoms with E-state index in [0.717, 1.165) is 10.4 Å². The van der Waals surface area contributed by atoms with Crippen molar-refractivity contribution in [3.63, 3.8) is 0 Å². The molecule has 10 heteroatoms. The number of aromatic nitrogens is 1. The molecule has 0 amide bonds. The van der Waals surface area contributed by atoms with Gasteiger partial charge in [0.2, 0.25) is 15.9 Å². The van der Waals surface area contributed by atoms with E-state index in [-0.39, 0.29) is 23.9 Å². The highest BCUT2D eigenvalue weighted by Crippen LogP contribution is 2.30. The maximum absolute atomic E-state index is 12.6. The quantitative estimate of drug-likeness (QED) is 0.810. The first kappa shape index (κ1) is 18.2. The predicted octanol–water partition coefficient (Wildman–Crippen LogP) is 2.42. The van der Waals surface area contributed by atoms with Crippen molar-refractivity contribution in [3.05, 3.63) is 53.7 Å². The second-order valence-electron chi connectivity index (χ2n) is 5.56. The van der Waals surface area contributed by atoms with Crippen LogP contribution in [0.5, 0.6) is 5.88 Å². The SMILES string of the molecule is N#Cc1ccc(S(=O)(=O)N2CC(Oc3cccc(C(F)(F)F)n3)C2)cc1. The Hall–Kier alpha value is -2.64. The molecule has 0 bridgehead atoms. The molecule has 2 heterocycles. The number of ether oxygens (including phenoxy) is 1. The average Bonchev–Trinajstić information content (AvgIpc) is 2.57. The normalized spacial score (nSPS) is 15.9. The molecule has 1 saturated heterocycles. The molecule has 26 heavy (non-hydrogen) atoms. The molecule has 1 aromatic carbocycles. The summed E-state index contributed by atoms with van der Waals surface area (Å²) in [6.45, 7) is 0.000516. The van der Waals surface area contributed by atoms with E-state index in [2.05, 4.69) is 4.98 Å². The molecule has 0 N–H and O–H groups in total. The molecule has 3 rings (SSSR count). The Bertz CT molecular complexity index is 947. The van der Waals surface area contributed by atoms with E-state index in [1.165, 1.54) is 36.4 Å². The summed E-state index contributed by atoms with van der Waals surface area (Å²) in [5, 5.41) is 8.74. The van der Waals surface area contributed by atoms with Gasteiger partial charge >= 0.3 is 6.18 Å². The van der Waals surface area contributed by atoms with Gasteiger partial charge in [0, 0.05) is 6.07 Å². The lowest BCUT2D eigenvalue weighted by molar-refractivity contribution is -0.141. The molecule has 6 nitrogen and oxygen atoms in total. The minimum atomic E-state index is -4.58. The highest BCUT2D eigenvalue weighted by atomic mass is 32.2. The molecule has 1 fully saturated rings. The van der Waals surface area contributed by atoms with Gasteiger partial charge in [-0.1, -0.05) is 6.07 Å². The van der Waals surface area contributed by atoms with E-state index in [1.807, 2.05) is 6.07 Å². The fraction of sp³-hybridized carbons (Fsp3) is 0.250. The molecular weight excluding hydrogens is 371 g/mol. The number of pyridine rings is 1. The van der Waals surface area contributed by atoms with E-state index >= 15 is 0 Å². The van der Waals surface area contributed by atoms with Crippen LogP contribution >= 0.6 is 0 Å². The first-order valence-corrected chi connectivity index (χ1v) is 8.85. The summed E-state index contributed by atoms with van der Waals surface area (Å²) < 4.78 is 69.2. The van der Waals surface area contributed by atoms with Crippen LogP contribution in [0.1, 0.15) is 11.3 Å². The summed E-state index contributed by atoms with van der Waals surface area (Å²) in [6, 6.07) is 10.6. The number of hydrogen-bond donors (Lipinski definition) is 0. The number of alkyl halides is 3. The van der Waals surface area contributed by atoms with Gasteiger partial charge < -0.3 is 4.74 Å². The molecule has 0 radical (unpaired) electrons. The first-order valence-electron chi connectivity index (χ1n) is 7.41. The van der Waals surface area contributed by atoms with E-state index in [4.69, 9.17) is 10.00 Å². The van der Waals surface area contributed by atoms with Crippen molar-refractivity contribution >= 4 is 10.0 Å². The van der Waals surface area contributed by atoms with Crippen LogP contribution in [-0.2, 0) is 16.2 Å². The van der Waals surface area contributed by atoms with Crippen molar-refractivity contribution in [2.24, 2.45) is 0 Å². The van der Waals surface area contributed by atoms with E-state index in [0.29, 0.717) is 5.56 Å². The van der Waals surface area contributed by atoms with Gasteiger partial charge in [-0.2, -0.15) is 22.7 Å². The third-order valence-corrected chi connectivity index (χ3v) is 5.58. The second kappa shape index (κ2) is 6.59. The smallest absolute Gasteiger partial charge is 0.433 e. The first-order chi connectivity index (χ1) is 12.2. The van der Waals surface area contributed by atoms with E-state index < -0.39 is 28.0 Å². The fourth-order valence-corrected chi connectivity index (χ4v) is 3.83. The molecular formula is C16H12F3N3O3S. The largest absolute Gasteiger partial charge is 0.472 e. The topological polar surface area (TPSA) is 83.3 Å². The Labute approximate surface area is 147 Å². The molecule has 0 unspecified atom stereocenters. The van der Waals surface area contributed by atoms with Crippen LogP contribution in [0, 0.1) is 11.3 Å².